The van der Waals surface area contributed by atoms with Gasteiger partial charge in [0.1, 0.15) is 0 Å². The Bertz CT molecular complexity index is 130. The predicted molar refractivity (Wildman–Crippen MR) is 76.3 cm³/mol. The molecule has 0 aromatic carbocycles. The Hall–Kier alpha value is -0.0800. The van der Waals surface area contributed by atoms with Crippen molar-refractivity contribution >= 4 is 0 Å². The quantitative estimate of drug-likeness (QED) is 0.671. The molecule has 0 fully saturated rings. The van der Waals surface area contributed by atoms with Gasteiger partial charge >= 0.3 is 0 Å². The fourth-order valence-electron chi connectivity index (χ4n) is 1.64. The highest BCUT2D eigenvalue weighted by atomic mass is 16.3. The molecule has 2 heteroatoms. The van der Waals surface area contributed by atoms with Crippen LogP contribution in [0.3, 0.4) is 0 Å². The van der Waals surface area contributed by atoms with Crippen LogP contribution >= 0.6 is 0 Å². The summed E-state index contributed by atoms with van der Waals surface area (Å²) in [4.78, 5) is 0. The van der Waals surface area contributed by atoms with E-state index in [4.69, 9.17) is 5.11 Å². The van der Waals surface area contributed by atoms with Crippen LogP contribution in [0.25, 0.3) is 0 Å². The van der Waals surface area contributed by atoms with Crippen molar-refractivity contribution in [1.82, 2.24) is 0 Å². The van der Waals surface area contributed by atoms with Gasteiger partial charge in [0, 0.05) is 0 Å². The summed E-state index contributed by atoms with van der Waals surface area (Å²) in [5.41, 5.74) is -0.450. The summed E-state index contributed by atoms with van der Waals surface area (Å²) in [6.45, 7) is 10.0. The van der Waals surface area contributed by atoms with Crippen LogP contribution in [-0.4, -0.2) is 21.9 Å². The van der Waals surface area contributed by atoms with E-state index in [1.54, 1.807) is 0 Å². The minimum Gasteiger partial charge on any atom is -0.393 e. The van der Waals surface area contributed by atoms with Crippen LogP contribution in [0, 0.1) is 0 Å². The Labute approximate surface area is 108 Å². The number of rotatable bonds is 8. The van der Waals surface area contributed by atoms with Gasteiger partial charge in [-0.25, -0.2) is 0 Å². The molecule has 0 aliphatic carbocycles. The maximum atomic E-state index is 9.31. The first-order valence-corrected chi connectivity index (χ1v) is 7.27. The topological polar surface area (TPSA) is 40.5 Å². The number of unbranched alkanes of at least 4 members (excludes halogenated alkanes) is 2. The van der Waals surface area contributed by atoms with Gasteiger partial charge in [0.05, 0.1) is 11.7 Å². The average Bonchev–Trinajstić information content (AvgIpc) is 2.22. The van der Waals surface area contributed by atoms with Crippen molar-refractivity contribution in [2.75, 3.05) is 0 Å². The maximum Gasteiger partial charge on any atom is 0.0591 e. The van der Waals surface area contributed by atoms with Crippen molar-refractivity contribution < 1.29 is 10.2 Å². The van der Waals surface area contributed by atoms with Crippen LogP contribution in [0.4, 0.5) is 0 Å². The van der Waals surface area contributed by atoms with E-state index >= 15 is 0 Å². The van der Waals surface area contributed by atoms with Crippen LogP contribution in [0.1, 0.15) is 86.0 Å². The monoisotopic (exact) mass is 246 g/mol. The van der Waals surface area contributed by atoms with Gasteiger partial charge in [0.2, 0.25) is 0 Å². The summed E-state index contributed by atoms with van der Waals surface area (Å²) in [6, 6.07) is 0. The molecule has 0 heterocycles. The lowest BCUT2D eigenvalue weighted by Crippen LogP contribution is -2.16. The molecule has 0 unspecified atom stereocenters. The smallest absolute Gasteiger partial charge is 0.0591 e. The van der Waals surface area contributed by atoms with Crippen LogP contribution in [-0.2, 0) is 0 Å². The number of aliphatic hydroxyl groups excluding tert-OH is 1. The first-order chi connectivity index (χ1) is 7.87. The van der Waals surface area contributed by atoms with Gasteiger partial charge in [-0.15, -0.1) is 0 Å². The van der Waals surface area contributed by atoms with Gasteiger partial charge in [0.25, 0.3) is 0 Å². The first-order valence-electron chi connectivity index (χ1n) is 7.27. The fraction of sp³-hybridized carbons (Fsp3) is 1.00. The molecule has 0 rings (SSSR count). The number of hydrogen-bond donors (Lipinski definition) is 2. The van der Waals surface area contributed by atoms with Crippen molar-refractivity contribution in [3.8, 4) is 0 Å². The van der Waals surface area contributed by atoms with Gasteiger partial charge in [-0.3, -0.25) is 0 Å². The number of aliphatic hydroxyl groups is 2. The summed E-state index contributed by atoms with van der Waals surface area (Å²) in [6.07, 6.45) is 8.66. The molecule has 0 aliphatic heterocycles. The minimum absolute atomic E-state index is 0.0279. The SMILES string of the molecule is CCCC(C)(C)O.CCCCC(O)CCCC. The summed E-state index contributed by atoms with van der Waals surface area (Å²) in [5.74, 6) is 0. The summed E-state index contributed by atoms with van der Waals surface area (Å²) >= 11 is 0. The van der Waals surface area contributed by atoms with E-state index in [2.05, 4.69) is 20.8 Å². The Balaban J connectivity index is 0. The average molecular weight is 246 g/mol. The number of hydrogen-bond acceptors (Lipinski definition) is 2. The van der Waals surface area contributed by atoms with Crippen LogP contribution in [0.5, 0.6) is 0 Å². The Morgan fingerprint density at radius 1 is 0.882 bits per heavy atom. The fourth-order valence-corrected chi connectivity index (χ4v) is 1.64. The molecule has 0 aliphatic rings. The first kappa shape index (κ1) is 19.3. The van der Waals surface area contributed by atoms with Gasteiger partial charge < -0.3 is 10.2 Å². The minimum atomic E-state index is -0.450. The van der Waals surface area contributed by atoms with E-state index in [-0.39, 0.29) is 6.10 Å². The lowest BCUT2D eigenvalue weighted by molar-refractivity contribution is 0.0703. The zero-order valence-corrected chi connectivity index (χ0v) is 12.6. The van der Waals surface area contributed by atoms with Gasteiger partial charge in [0.15, 0.2) is 0 Å². The third-order valence-electron chi connectivity index (χ3n) is 2.64. The van der Waals surface area contributed by atoms with Crippen LogP contribution in [0.2, 0.25) is 0 Å². The molecule has 0 aromatic rings. The third-order valence-corrected chi connectivity index (χ3v) is 2.64. The Morgan fingerprint density at radius 3 is 1.47 bits per heavy atom. The molecule has 17 heavy (non-hydrogen) atoms. The van der Waals surface area contributed by atoms with Gasteiger partial charge in [-0.05, 0) is 33.1 Å². The van der Waals surface area contributed by atoms with E-state index < -0.39 is 5.60 Å². The molecule has 0 spiro atoms. The second kappa shape index (κ2) is 12.4. The predicted octanol–water partition coefficient (Wildman–Crippen LogP) is 4.29. The molecule has 0 radical (unpaired) electrons. The van der Waals surface area contributed by atoms with E-state index in [0.717, 1.165) is 25.7 Å². The third kappa shape index (κ3) is 21.7. The zero-order valence-electron chi connectivity index (χ0n) is 12.6. The standard InChI is InChI=1S/C9H20O.C6H14O/c1-3-5-7-9(10)8-6-4-2;1-4-5-6(2,3)7/h9-10H,3-8H2,1-2H3;7H,4-5H2,1-3H3. The summed E-state index contributed by atoms with van der Waals surface area (Å²) < 4.78 is 0. The van der Waals surface area contributed by atoms with E-state index in [1.165, 1.54) is 25.7 Å². The molecular formula is C15H34O2. The van der Waals surface area contributed by atoms with Crippen molar-refractivity contribution in [2.24, 2.45) is 0 Å². The molecule has 0 atom stereocenters. The second-order valence-corrected chi connectivity index (χ2v) is 5.50. The molecular weight excluding hydrogens is 212 g/mol. The van der Waals surface area contributed by atoms with Crippen LogP contribution < -0.4 is 0 Å². The zero-order chi connectivity index (χ0) is 13.7. The highest BCUT2D eigenvalue weighted by Crippen LogP contribution is 2.08. The second-order valence-electron chi connectivity index (χ2n) is 5.50. The molecule has 0 amide bonds. The highest BCUT2D eigenvalue weighted by molar-refractivity contribution is 4.61. The normalized spacial score (nSPS) is 11.3. The molecule has 2 nitrogen and oxygen atoms in total. The van der Waals surface area contributed by atoms with E-state index in [0.29, 0.717) is 0 Å². The molecule has 0 bridgehead atoms. The maximum absolute atomic E-state index is 9.31. The Kier molecular flexibility index (Phi) is 14.0. The van der Waals surface area contributed by atoms with E-state index in [9.17, 15) is 5.11 Å². The van der Waals surface area contributed by atoms with Crippen molar-refractivity contribution in [1.29, 1.82) is 0 Å². The van der Waals surface area contributed by atoms with Gasteiger partial charge in [-0.2, -0.15) is 0 Å². The van der Waals surface area contributed by atoms with E-state index in [1.807, 2.05) is 13.8 Å². The Morgan fingerprint density at radius 2 is 1.29 bits per heavy atom. The highest BCUT2D eigenvalue weighted by Gasteiger charge is 2.08. The lowest BCUT2D eigenvalue weighted by atomic mass is 10.0. The summed E-state index contributed by atoms with van der Waals surface area (Å²) in [7, 11) is 0. The largest absolute Gasteiger partial charge is 0.393 e. The van der Waals surface area contributed by atoms with Gasteiger partial charge in [-0.1, -0.05) is 52.9 Å². The molecule has 2 N–H and O–H groups in total. The van der Waals surface area contributed by atoms with Crippen molar-refractivity contribution in [3.05, 3.63) is 0 Å². The molecule has 0 saturated carbocycles. The van der Waals surface area contributed by atoms with Crippen molar-refractivity contribution in [2.45, 2.75) is 97.7 Å². The molecule has 106 valence electrons. The molecule has 0 saturated heterocycles. The summed E-state index contributed by atoms with van der Waals surface area (Å²) in [5, 5.41) is 18.3. The lowest BCUT2D eigenvalue weighted by Gasteiger charge is -2.14. The molecule has 0 aromatic heterocycles. The van der Waals surface area contributed by atoms with Crippen LogP contribution in [0.15, 0.2) is 0 Å². The van der Waals surface area contributed by atoms with Crippen molar-refractivity contribution in [3.63, 3.8) is 0 Å².